The van der Waals surface area contributed by atoms with Crippen molar-refractivity contribution in [1.29, 1.82) is 0 Å². The second-order valence-electron chi connectivity index (χ2n) is 10.7. The third kappa shape index (κ3) is 5.18. The monoisotopic (exact) mass is 448 g/mol. The molecule has 0 radical (unpaired) electrons. The highest BCUT2D eigenvalue weighted by Crippen LogP contribution is 2.38. The number of rotatable bonds is 6. The molecule has 1 aromatic carbocycles. The number of nitrogens with two attached hydrogens (primary N) is 1. The molecule has 2 fully saturated rings. The molecular formula is C28H40N4O. The van der Waals surface area contributed by atoms with E-state index in [1.165, 1.54) is 64.2 Å². The smallest absolute Gasteiger partial charge is 0.240 e. The Balaban J connectivity index is 1.38. The van der Waals surface area contributed by atoms with Gasteiger partial charge in [-0.1, -0.05) is 94.5 Å². The van der Waals surface area contributed by atoms with Gasteiger partial charge in [0.15, 0.2) is 0 Å². The molecule has 0 bridgehead atoms. The van der Waals surface area contributed by atoms with Crippen molar-refractivity contribution in [2.24, 2.45) is 17.6 Å². The molecule has 2 atom stereocenters. The number of benzene rings is 1. The second kappa shape index (κ2) is 10.4. The summed E-state index contributed by atoms with van der Waals surface area (Å²) in [5.74, 6) is 2.50. The summed E-state index contributed by atoms with van der Waals surface area (Å²) in [4.78, 5) is 20.9. The van der Waals surface area contributed by atoms with E-state index in [9.17, 15) is 4.79 Å². The normalized spacial score (nSPS) is 23.3. The first-order valence-corrected chi connectivity index (χ1v) is 13.4. The molecule has 0 spiro atoms. The number of fused-ring (bicyclic) bond motifs is 1. The van der Waals surface area contributed by atoms with E-state index in [-0.39, 0.29) is 18.0 Å². The first kappa shape index (κ1) is 22.6. The predicted octanol–water partition coefficient (Wildman–Crippen LogP) is 5.70. The van der Waals surface area contributed by atoms with Gasteiger partial charge in [0, 0.05) is 24.8 Å². The molecule has 0 unspecified atom stereocenters. The van der Waals surface area contributed by atoms with Crippen molar-refractivity contribution in [3.05, 3.63) is 42.4 Å². The summed E-state index contributed by atoms with van der Waals surface area (Å²) in [5.41, 5.74) is 8.73. The summed E-state index contributed by atoms with van der Waals surface area (Å²) in [5, 5.41) is 0. The molecule has 2 aromatic rings. The van der Waals surface area contributed by atoms with Crippen LogP contribution in [0, 0.1) is 11.8 Å². The van der Waals surface area contributed by atoms with Crippen LogP contribution in [0.3, 0.4) is 0 Å². The van der Waals surface area contributed by atoms with Gasteiger partial charge in [-0.15, -0.1) is 0 Å². The molecular weight excluding hydrogens is 408 g/mol. The lowest BCUT2D eigenvalue weighted by molar-refractivity contribution is -0.137. The van der Waals surface area contributed by atoms with Crippen LogP contribution in [0.2, 0.25) is 0 Å². The Morgan fingerprint density at radius 2 is 1.61 bits per heavy atom. The van der Waals surface area contributed by atoms with E-state index in [1.54, 1.807) is 0 Å². The van der Waals surface area contributed by atoms with Crippen molar-refractivity contribution in [2.45, 2.75) is 95.7 Å². The molecule has 3 aliphatic rings. The Morgan fingerprint density at radius 3 is 2.30 bits per heavy atom. The summed E-state index contributed by atoms with van der Waals surface area (Å²) in [6.45, 7) is 1.55. The minimum atomic E-state index is -0.378. The van der Waals surface area contributed by atoms with Crippen LogP contribution >= 0.6 is 0 Å². The van der Waals surface area contributed by atoms with E-state index in [0.29, 0.717) is 11.8 Å². The first-order chi connectivity index (χ1) is 16.2. The van der Waals surface area contributed by atoms with Gasteiger partial charge in [-0.2, -0.15) is 0 Å². The topological polar surface area (TPSA) is 64.2 Å². The molecule has 2 N–H and O–H groups in total. The molecule has 0 saturated heterocycles. The van der Waals surface area contributed by atoms with Gasteiger partial charge in [-0.3, -0.25) is 4.79 Å². The molecule has 2 aliphatic carbocycles. The number of nitrogens with zero attached hydrogens (tertiary/aromatic N) is 3. The van der Waals surface area contributed by atoms with Gasteiger partial charge < -0.3 is 15.2 Å². The molecule has 1 aromatic heterocycles. The van der Waals surface area contributed by atoms with Crippen LogP contribution in [0.5, 0.6) is 0 Å². The van der Waals surface area contributed by atoms with Crippen molar-refractivity contribution >= 4 is 5.91 Å². The van der Waals surface area contributed by atoms with Gasteiger partial charge in [0.25, 0.3) is 0 Å². The Hall–Kier alpha value is -2.14. The van der Waals surface area contributed by atoms with Crippen molar-refractivity contribution in [3.63, 3.8) is 0 Å². The number of imidazole rings is 1. The Morgan fingerprint density at radius 1 is 0.939 bits per heavy atom. The highest BCUT2D eigenvalue weighted by Gasteiger charge is 2.37. The van der Waals surface area contributed by atoms with Gasteiger partial charge in [0.1, 0.15) is 5.82 Å². The third-order valence-electron chi connectivity index (χ3n) is 8.33. The Kier molecular flexibility index (Phi) is 7.15. The molecule has 5 nitrogen and oxygen atoms in total. The van der Waals surface area contributed by atoms with Crippen LogP contribution in [-0.4, -0.2) is 32.9 Å². The maximum absolute atomic E-state index is 13.7. The zero-order valence-corrected chi connectivity index (χ0v) is 20.0. The Bertz CT molecular complexity index is 911. The molecule has 2 heterocycles. The van der Waals surface area contributed by atoms with E-state index >= 15 is 0 Å². The fourth-order valence-electron chi connectivity index (χ4n) is 6.46. The van der Waals surface area contributed by atoms with Crippen LogP contribution in [0.4, 0.5) is 0 Å². The summed E-state index contributed by atoms with van der Waals surface area (Å²) in [6.07, 6.45) is 17.0. The average molecular weight is 449 g/mol. The van der Waals surface area contributed by atoms with Gasteiger partial charge in [-0.25, -0.2) is 4.98 Å². The summed E-state index contributed by atoms with van der Waals surface area (Å²) in [6, 6.07) is 10.1. The number of hydrogen-bond donors (Lipinski definition) is 1. The standard InChI is InChI=1S/C28H40N4O/c29-24(18-21-10-4-1-5-11-21)28(33)32-17-16-31-20-25(23-14-8-3-9-15-23)30-27(31)26(32)19-22-12-6-2-7-13-22/h3,8-9,14-15,20-22,24,26H,1-2,4-7,10-13,16-19,29H2/t24-,26-/m0/s1. The molecule has 1 amide bonds. The van der Waals surface area contributed by atoms with Gasteiger partial charge in [0.05, 0.1) is 17.8 Å². The summed E-state index contributed by atoms with van der Waals surface area (Å²) < 4.78 is 2.30. The SMILES string of the molecule is N[C@@H](CC1CCCCC1)C(=O)N1CCn2cc(-c3ccccc3)nc2[C@@H]1CC1CCCCC1. The third-order valence-corrected chi connectivity index (χ3v) is 8.33. The molecule has 1 aliphatic heterocycles. The molecule has 5 rings (SSSR count). The highest BCUT2D eigenvalue weighted by atomic mass is 16.2. The van der Waals surface area contributed by atoms with Crippen LogP contribution in [0.1, 0.15) is 88.9 Å². The lowest BCUT2D eigenvalue weighted by Gasteiger charge is -2.40. The number of amides is 1. The largest absolute Gasteiger partial charge is 0.331 e. The fourth-order valence-corrected chi connectivity index (χ4v) is 6.46. The minimum Gasteiger partial charge on any atom is -0.331 e. The molecule has 178 valence electrons. The van der Waals surface area contributed by atoms with Crippen LogP contribution in [-0.2, 0) is 11.3 Å². The minimum absolute atomic E-state index is 0.0456. The summed E-state index contributed by atoms with van der Waals surface area (Å²) in [7, 11) is 0. The van der Waals surface area contributed by atoms with E-state index in [4.69, 9.17) is 10.7 Å². The fraction of sp³-hybridized carbons (Fsp3) is 0.643. The highest BCUT2D eigenvalue weighted by molar-refractivity contribution is 5.82. The average Bonchev–Trinajstić information content (AvgIpc) is 3.31. The molecule has 5 heteroatoms. The van der Waals surface area contributed by atoms with Gasteiger partial charge in [0.2, 0.25) is 5.91 Å². The first-order valence-electron chi connectivity index (χ1n) is 13.4. The lowest BCUT2D eigenvalue weighted by atomic mass is 9.83. The maximum atomic E-state index is 13.7. The second-order valence-corrected chi connectivity index (χ2v) is 10.7. The summed E-state index contributed by atoms with van der Waals surface area (Å²) >= 11 is 0. The zero-order valence-electron chi connectivity index (χ0n) is 20.0. The van der Waals surface area contributed by atoms with Crippen LogP contribution < -0.4 is 5.73 Å². The number of aromatic nitrogens is 2. The van der Waals surface area contributed by atoms with Crippen LogP contribution in [0.25, 0.3) is 11.3 Å². The van der Waals surface area contributed by atoms with Crippen LogP contribution in [0.15, 0.2) is 36.5 Å². The van der Waals surface area contributed by atoms with Crippen molar-refractivity contribution in [1.82, 2.24) is 14.5 Å². The quantitative estimate of drug-likeness (QED) is 0.616. The Labute approximate surface area is 198 Å². The molecule has 2 saturated carbocycles. The van der Waals surface area contributed by atoms with E-state index in [1.807, 2.05) is 6.07 Å². The van der Waals surface area contributed by atoms with E-state index in [2.05, 4.69) is 39.9 Å². The number of carbonyl (C=O) groups is 1. The maximum Gasteiger partial charge on any atom is 0.240 e. The lowest BCUT2D eigenvalue weighted by Crippen LogP contribution is -2.50. The van der Waals surface area contributed by atoms with E-state index in [0.717, 1.165) is 43.0 Å². The van der Waals surface area contributed by atoms with Crippen molar-refractivity contribution in [2.75, 3.05) is 6.54 Å². The molecule has 33 heavy (non-hydrogen) atoms. The van der Waals surface area contributed by atoms with Gasteiger partial charge in [-0.05, 0) is 24.7 Å². The zero-order chi connectivity index (χ0) is 22.6. The number of hydrogen-bond acceptors (Lipinski definition) is 3. The number of carbonyl (C=O) groups excluding carboxylic acids is 1. The predicted molar refractivity (Wildman–Crippen MR) is 132 cm³/mol. The van der Waals surface area contributed by atoms with Crippen molar-refractivity contribution in [3.8, 4) is 11.3 Å². The van der Waals surface area contributed by atoms with Crippen molar-refractivity contribution < 1.29 is 4.79 Å². The van der Waals surface area contributed by atoms with Gasteiger partial charge >= 0.3 is 0 Å². The van der Waals surface area contributed by atoms with E-state index < -0.39 is 0 Å².